The lowest BCUT2D eigenvalue weighted by atomic mass is 9.97. The van der Waals surface area contributed by atoms with Crippen LogP contribution in [-0.2, 0) is 0 Å². The monoisotopic (exact) mass is 142 g/mol. The third-order valence-electron chi connectivity index (χ3n) is 1.79. The van der Waals surface area contributed by atoms with Gasteiger partial charge in [0.1, 0.15) is 0 Å². The Morgan fingerprint density at radius 3 is 2.10 bits per heavy atom. The van der Waals surface area contributed by atoms with E-state index >= 15 is 0 Å². The summed E-state index contributed by atoms with van der Waals surface area (Å²) < 4.78 is 0. The highest BCUT2D eigenvalue weighted by atomic mass is 16.3. The van der Waals surface area contributed by atoms with Crippen molar-refractivity contribution in [2.75, 3.05) is 0 Å². The van der Waals surface area contributed by atoms with E-state index in [0.29, 0.717) is 5.92 Å². The second-order valence-electron chi connectivity index (χ2n) is 2.91. The molecule has 0 saturated carbocycles. The molecular weight excluding hydrogens is 124 g/mol. The normalized spacial score (nSPS) is 16.0. The summed E-state index contributed by atoms with van der Waals surface area (Å²) in [5, 5.41) is 9.52. The molecule has 0 bridgehead atoms. The Bertz CT molecular complexity index is 114. The highest BCUT2D eigenvalue weighted by Crippen LogP contribution is 2.14. The zero-order valence-corrected chi connectivity index (χ0v) is 7.39. The van der Waals surface area contributed by atoms with E-state index in [1.165, 1.54) is 0 Å². The minimum atomic E-state index is -0.241. The highest BCUT2D eigenvalue weighted by molar-refractivity contribution is 5.06. The Morgan fingerprint density at radius 2 is 2.00 bits per heavy atom. The molecule has 0 amide bonds. The van der Waals surface area contributed by atoms with E-state index in [-0.39, 0.29) is 6.10 Å². The summed E-state index contributed by atoms with van der Waals surface area (Å²) in [7, 11) is 0. The third-order valence-corrected chi connectivity index (χ3v) is 1.79. The van der Waals surface area contributed by atoms with E-state index in [2.05, 4.69) is 6.92 Å². The number of rotatable bonds is 3. The summed E-state index contributed by atoms with van der Waals surface area (Å²) in [4.78, 5) is 0. The molecule has 10 heavy (non-hydrogen) atoms. The zero-order valence-electron chi connectivity index (χ0n) is 7.39. The van der Waals surface area contributed by atoms with E-state index in [1.54, 1.807) is 0 Å². The second kappa shape index (κ2) is 4.51. The van der Waals surface area contributed by atoms with Crippen LogP contribution in [0, 0.1) is 5.92 Å². The topological polar surface area (TPSA) is 20.2 Å². The molecule has 1 unspecified atom stereocenters. The third kappa shape index (κ3) is 2.53. The molecule has 1 N–H and O–H groups in total. The fourth-order valence-corrected chi connectivity index (χ4v) is 1.01. The molecule has 0 aliphatic rings. The van der Waals surface area contributed by atoms with E-state index in [0.717, 1.165) is 12.0 Å². The van der Waals surface area contributed by atoms with Gasteiger partial charge in [-0.2, -0.15) is 0 Å². The first-order valence-electron chi connectivity index (χ1n) is 3.96. The maximum Gasteiger partial charge on any atom is 0.0772 e. The summed E-state index contributed by atoms with van der Waals surface area (Å²) >= 11 is 0. The second-order valence-corrected chi connectivity index (χ2v) is 2.91. The quantitative estimate of drug-likeness (QED) is 0.600. The van der Waals surface area contributed by atoms with Crippen LogP contribution in [0.15, 0.2) is 11.6 Å². The minimum absolute atomic E-state index is 0.241. The molecular formula is C9H18O. The molecule has 0 aromatic heterocycles. The molecule has 0 aliphatic carbocycles. The largest absolute Gasteiger partial charge is 0.388 e. The first-order chi connectivity index (χ1) is 4.63. The van der Waals surface area contributed by atoms with Crippen molar-refractivity contribution in [3.05, 3.63) is 11.6 Å². The number of aliphatic hydroxyl groups excluding tert-OH is 1. The predicted octanol–water partition coefficient (Wildman–Crippen LogP) is 2.36. The van der Waals surface area contributed by atoms with Crippen molar-refractivity contribution in [3.63, 3.8) is 0 Å². The fourth-order valence-electron chi connectivity index (χ4n) is 1.01. The molecule has 0 saturated heterocycles. The van der Waals surface area contributed by atoms with Gasteiger partial charge in [-0.3, -0.25) is 0 Å². The van der Waals surface area contributed by atoms with Gasteiger partial charge in [0, 0.05) is 0 Å². The number of hydrogen-bond acceptors (Lipinski definition) is 1. The Morgan fingerprint density at radius 1 is 1.50 bits per heavy atom. The number of aliphatic hydroxyl groups is 1. The summed E-state index contributed by atoms with van der Waals surface area (Å²) in [6, 6.07) is 0. The maximum absolute atomic E-state index is 9.52. The van der Waals surface area contributed by atoms with Crippen LogP contribution in [0.1, 0.15) is 34.1 Å². The van der Waals surface area contributed by atoms with Crippen molar-refractivity contribution in [2.45, 2.75) is 40.2 Å². The molecule has 1 nitrogen and oxygen atoms in total. The van der Waals surface area contributed by atoms with Gasteiger partial charge in [0.15, 0.2) is 0 Å². The summed E-state index contributed by atoms with van der Waals surface area (Å²) in [5.74, 6) is 0.339. The smallest absolute Gasteiger partial charge is 0.0772 e. The number of allylic oxidation sites excluding steroid dienone is 1. The first-order valence-corrected chi connectivity index (χ1v) is 3.96. The Kier molecular flexibility index (Phi) is 4.37. The van der Waals surface area contributed by atoms with Crippen molar-refractivity contribution in [3.8, 4) is 0 Å². The SMILES string of the molecule is C/C=C(\CC)C(O)C(C)C. The maximum atomic E-state index is 9.52. The predicted molar refractivity (Wildman–Crippen MR) is 44.9 cm³/mol. The van der Waals surface area contributed by atoms with Crippen molar-refractivity contribution >= 4 is 0 Å². The zero-order chi connectivity index (χ0) is 8.15. The van der Waals surface area contributed by atoms with Gasteiger partial charge in [-0.15, -0.1) is 0 Å². The van der Waals surface area contributed by atoms with Gasteiger partial charge in [-0.1, -0.05) is 26.8 Å². The minimum Gasteiger partial charge on any atom is -0.388 e. The summed E-state index contributed by atoms with van der Waals surface area (Å²) in [6.45, 7) is 8.11. The lowest BCUT2D eigenvalue weighted by Gasteiger charge is -2.16. The fraction of sp³-hybridized carbons (Fsp3) is 0.778. The average molecular weight is 142 g/mol. The molecule has 0 radical (unpaired) electrons. The molecule has 1 atom stereocenters. The molecule has 0 aliphatic heterocycles. The van der Waals surface area contributed by atoms with Gasteiger partial charge >= 0.3 is 0 Å². The van der Waals surface area contributed by atoms with Gasteiger partial charge < -0.3 is 5.11 Å². The van der Waals surface area contributed by atoms with E-state index < -0.39 is 0 Å². The molecule has 0 rings (SSSR count). The Balaban J connectivity index is 4.03. The standard InChI is InChI=1S/C9H18O/c1-5-8(6-2)9(10)7(3)4/h5,7,9-10H,6H2,1-4H3/b8-5+. The van der Waals surface area contributed by atoms with Crippen LogP contribution < -0.4 is 0 Å². The lowest BCUT2D eigenvalue weighted by molar-refractivity contribution is 0.157. The molecule has 60 valence electrons. The van der Waals surface area contributed by atoms with Crippen LogP contribution in [-0.4, -0.2) is 11.2 Å². The molecule has 0 heterocycles. The van der Waals surface area contributed by atoms with Crippen molar-refractivity contribution in [2.24, 2.45) is 5.92 Å². The van der Waals surface area contributed by atoms with Gasteiger partial charge in [0.2, 0.25) is 0 Å². The molecule has 0 aromatic rings. The van der Waals surface area contributed by atoms with Crippen LogP contribution in [0.4, 0.5) is 0 Å². The summed E-state index contributed by atoms with van der Waals surface area (Å²) in [5.41, 5.74) is 1.15. The van der Waals surface area contributed by atoms with Crippen LogP contribution in [0.5, 0.6) is 0 Å². The van der Waals surface area contributed by atoms with Crippen molar-refractivity contribution in [1.29, 1.82) is 0 Å². The van der Waals surface area contributed by atoms with Gasteiger partial charge in [0.25, 0.3) is 0 Å². The van der Waals surface area contributed by atoms with Gasteiger partial charge in [-0.05, 0) is 24.8 Å². The summed E-state index contributed by atoms with van der Waals surface area (Å²) in [6.07, 6.45) is 2.72. The Hall–Kier alpha value is -0.300. The average Bonchev–Trinajstić information content (AvgIpc) is 1.90. The van der Waals surface area contributed by atoms with Crippen LogP contribution >= 0.6 is 0 Å². The number of hydrogen-bond donors (Lipinski definition) is 1. The lowest BCUT2D eigenvalue weighted by Crippen LogP contribution is -2.16. The van der Waals surface area contributed by atoms with Crippen molar-refractivity contribution < 1.29 is 5.11 Å². The van der Waals surface area contributed by atoms with Crippen molar-refractivity contribution in [1.82, 2.24) is 0 Å². The van der Waals surface area contributed by atoms with Gasteiger partial charge in [-0.25, -0.2) is 0 Å². The van der Waals surface area contributed by atoms with E-state index in [1.807, 2.05) is 26.8 Å². The first kappa shape index (κ1) is 9.70. The molecule has 0 spiro atoms. The Labute approximate surface area is 63.8 Å². The highest BCUT2D eigenvalue weighted by Gasteiger charge is 2.11. The molecule has 1 heteroatoms. The molecule has 0 fully saturated rings. The van der Waals surface area contributed by atoms with E-state index in [9.17, 15) is 5.11 Å². The van der Waals surface area contributed by atoms with Crippen LogP contribution in [0.25, 0.3) is 0 Å². The van der Waals surface area contributed by atoms with Crippen LogP contribution in [0.3, 0.4) is 0 Å². The molecule has 0 aromatic carbocycles. The van der Waals surface area contributed by atoms with Crippen LogP contribution in [0.2, 0.25) is 0 Å². The van der Waals surface area contributed by atoms with Gasteiger partial charge in [0.05, 0.1) is 6.10 Å². The van der Waals surface area contributed by atoms with E-state index in [4.69, 9.17) is 0 Å².